The van der Waals surface area contributed by atoms with E-state index in [1.807, 2.05) is 13.2 Å². The molecule has 1 heterocycles. The molecule has 0 saturated heterocycles. The number of halogens is 8. The zero-order chi connectivity index (χ0) is 37.9. The molecule has 0 radical (unpaired) electrons. The molecule has 0 unspecified atom stereocenters. The minimum Gasteiger partial charge on any atom is -0.383 e. The van der Waals surface area contributed by atoms with Crippen LogP contribution < -0.4 is 15.5 Å². The first kappa shape index (κ1) is 39.8. The van der Waals surface area contributed by atoms with Gasteiger partial charge in [-0.05, 0) is 67.1 Å². The van der Waals surface area contributed by atoms with Crippen LogP contribution in [0.2, 0.25) is 5.02 Å². The van der Waals surface area contributed by atoms with E-state index in [0.29, 0.717) is 34.7 Å². The Morgan fingerprint density at radius 2 is 1.69 bits per heavy atom. The predicted molar refractivity (Wildman–Crippen MR) is 181 cm³/mol. The molecule has 4 amide bonds. The molecule has 0 saturated carbocycles. The lowest BCUT2D eigenvalue weighted by Crippen LogP contribution is -2.51. The van der Waals surface area contributed by atoms with Gasteiger partial charge in [0.05, 0.1) is 35.0 Å². The fraction of sp³-hybridized carbons (Fsp3) is 0.382. The van der Waals surface area contributed by atoms with Gasteiger partial charge in [-0.3, -0.25) is 14.5 Å². The van der Waals surface area contributed by atoms with Crippen molar-refractivity contribution in [2.24, 2.45) is 0 Å². The number of rotatable bonds is 12. The number of urea groups is 1. The monoisotopic (exact) mass is 762 g/mol. The number of hydrogen-bond acceptors (Lipinski definition) is 5. The molecule has 1 aliphatic heterocycles. The Hall–Kier alpha value is -4.02. The third-order valence-electron chi connectivity index (χ3n) is 8.14. The van der Waals surface area contributed by atoms with Crippen molar-refractivity contribution in [1.82, 2.24) is 10.2 Å². The van der Waals surface area contributed by atoms with Crippen molar-refractivity contribution >= 4 is 52.6 Å². The number of fused-ring (bicyclic) bond motifs is 1. The number of benzene rings is 3. The maximum Gasteiger partial charge on any atom is 0.435 e. The van der Waals surface area contributed by atoms with Crippen LogP contribution in [-0.4, -0.2) is 73.4 Å². The Bertz CT molecular complexity index is 1780. The minimum atomic E-state index is -6.30. The molecule has 0 fully saturated rings. The molecule has 0 aromatic heterocycles. The highest BCUT2D eigenvalue weighted by Gasteiger charge is 2.73. The Morgan fingerprint density at radius 1 is 1.00 bits per heavy atom. The highest BCUT2D eigenvalue weighted by Crippen LogP contribution is 2.54. The molecule has 276 valence electrons. The van der Waals surface area contributed by atoms with E-state index in [0.717, 1.165) is 11.0 Å². The SMILES string of the molecule is COCCN1Cc2cc(C(F)(C(F)(F)F)C(F)(F)F)ccc2N(Cc2ccc(NC(=O)c3cccc(Cl)c3C(=O)N[C@@H](C)CSC)c(C)c2)C1=O. The first-order valence-corrected chi connectivity index (χ1v) is 17.1. The van der Waals surface area contributed by atoms with Gasteiger partial charge in [0.1, 0.15) is 0 Å². The van der Waals surface area contributed by atoms with E-state index >= 15 is 0 Å². The fourth-order valence-electron chi connectivity index (χ4n) is 5.62. The third-order valence-corrected chi connectivity index (χ3v) is 9.28. The van der Waals surface area contributed by atoms with Crippen molar-refractivity contribution in [2.75, 3.05) is 42.5 Å². The summed E-state index contributed by atoms with van der Waals surface area (Å²) in [6.07, 6.45) is -10.7. The molecule has 8 nitrogen and oxygen atoms in total. The molecular formula is C34H34ClF7N4O4S. The number of nitrogens with one attached hydrogen (secondary N) is 2. The molecule has 0 bridgehead atoms. The zero-order valence-corrected chi connectivity index (χ0v) is 29.3. The van der Waals surface area contributed by atoms with E-state index in [-0.39, 0.29) is 53.1 Å². The number of alkyl halides is 7. The van der Waals surface area contributed by atoms with E-state index in [9.17, 15) is 45.1 Å². The van der Waals surface area contributed by atoms with Gasteiger partial charge in [-0.1, -0.05) is 35.9 Å². The summed E-state index contributed by atoms with van der Waals surface area (Å²) in [6, 6.07) is 10.1. The summed E-state index contributed by atoms with van der Waals surface area (Å²) in [4.78, 5) is 42.3. The van der Waals surface area contributed by atoms with Crippen LogP contribution in [0.5, 0.6) is 0 Å². The highest BCUT2D eigenvalue weighted by atomic mass is 35.5. The smallest absolute Gasteiger partial charge is 0.383 e. The van der Waals surface area contributed by atoms with Crippen LogP contribution in [0.4, 0.5) is 46.9 Å². The Kier molecular flexibility index (Phi) is 12.2. The van der Waals surface area contributed by atoms with E-state index < -0.39 is 48.0 Å². The van der Waals surface area contributed by atoms with E-state index in [1.54, 1.807) is 25.1 Å². The molecular weight excluding hydrogens is 729 g/mol. The van der Waals surface area contributed by atoms with Crippen LogP contribution in [0.3, 0.4) is 0 Å². The van der Waals surface area contributed by atoms with Crippen molar-refractivity contribution in [3.63, 3.8) is 0 Å². The fourth-order valence-corrected chi connectivity index (χ4v) is 6.47. The van der Waals surface area contributed by atoms with Crippen LogP contribution >= 0.6 is 23.4 Å². The van der Waals surface area contributed by atoms with Gasteiger partial charge >= 0.3 is 24.1 Å². The van der Waals surface area contributed by atoms with E-state index in [2.05, 4.69) is 10.6 Å². The lowest BCUT2D eigenvalue weighted by molar-refractivity contribution is -0.348. The summed E-state index contributed by atoms with van der Waals surface area (Å²) < 4.78 is 101. The van der Waals surface area contributed by atoms with Crippen molar-refractivity contribution in [3.8, 4) is 0 Å². The molecule has 3 aromatic rings. The van der Waals surface area contributed by atoms with Gasteiger partial charge < -0.3 is 20.3 Å². The number of aryl methyl sites for hydroxylation is 1. The number of ether oxygens (including phenoxy) is 1. The van der Waals surface area contributed by atoms with E-state index in [1.165, 1.54) is 42.0 Å². The quantitative estimate of drug-likeness (QED) is 0.182. The minimum absolute atomic E-state index is 0.00202. The molecule has 1 atom stereocenters. The number of carbonyl (C=O) groups is 3. The van der Waals surface area contributed by atoms with Gasteiger partial charge in [-0.2, -0.15) is 38.1 Å². The first-order chi connectivity index (χ1) is 23.8. The van der Waals surface area contributed by atoms with Crippen LogP contribution in [0.15, 0.2) is 54.6 Å². The summed E-state index contributed by atoms with van der Waals surface area (Å²) >= 11 is 7.86. The van der Waals surface area contributed by atoms with Crippen molar-refractivity contribution in [2.45, 2.75) is 51.0 Å². The van der Waals surface area contributed by atoms with Gasteiger partial charge in [0.25, 0.3) is 11.8 Å². The normalized spacial score (nSPS) is 14.3. The van der Waals surface area contributed by atoms with Crippen LogP contribution in [-0.2, 0) is 23.5 Å². The zero-order valence-electron chi connectivity index (χ0n) is 27.8. The predicted octanol–water partition coefficient (Wildman–Crippen LogP) is 8.26. The topological polar surface area (TPSA) is 91.0 Å². The molecule has 1 aliphatic rings. The summed E-state index contributed by atoms with van der Waals surface area (Å²) in [5.41, 5.74) is -6.06. The maximum atomic E-state index is 14.9. The average molecular weight is 763 g/mol. The van der Waals surface area contributed by atoms with E-state index in [4.69, 9.17) is 16.3 Å². The van der Waals surface area contributed by atoms with Gasteiger partial charge in [0.2, 0.25) is 0 Å². The van der Waals surface area contributed by atoms with Gasteiger partial charge in [-0.15, -0.1) is 0 Å². The molecule has 2 N–H and O–H groups in total. The lowest BCUT2D eigenvalue weighted by Gasteiger charge is -2.38. The summed E-state index contributed by atoms with van der Waals surface area (Å²) in [6.45, 7) is 2.85. The van der Waals surface area contributed by atoms with Gasteiger partial charge in [-0.25, -0.2) is 9.18 Å². The van der Waals surface area contributed by atoms with Crippen LogP contribution in [0.25, 0.3) is 0 Å². The molecule has 0 spiro atoms. The lowest BCUT2D eigenvalue weighted by atomic mass is 9.91. The molecule has 4 rings (SSSR count). The van der Waals surface area contributed by atoms with Crippen molar-refractivity contribution < 1.29 is 49.9 Å². The Morgan fingerprint density at radius 3 is 2.29 bits per heavy atom. The summed E-state index contributed by atoms with van der Waals surface area (Å²) in [7, 11) is 1.35. The third kappa shape index (κ3) is 8.39. The standard InChI is InChI=1S/C34H34ClF7N4O4S/c1-19-14-21(8-10-26(19)44-29(47)24-6-5-7-25(35)28(24)30(48)43-20(2)18-51-4)16-46-27-11-9-23(32(36,33(37,38)39)34(40,41)42)15-22(27)17-45(31(46)49)12-13-50-3/h5-11,14-15,20H,12-13,16-18H2,1-4H3,(H,43,48)(H,44,47)/t20-/m0/s1. The van der Waals surface area contributed by atoms with Crippen LogP contribution in [0.1, 0.15) is 49.9 Å². The van der Waals surface area contributed by atoms with Crippen molar-refractivity contribution in [3.05, 3.63) is 93.0 Å². The number of thioether (sulfide) groups is 1. The van der Waals surface area contributed by atoms with Gasteiger partial charge in [0.15, 0.2) is 0 Å². The number of hydrogen-bond donors (Lipinski definition) is 2. The number of nitrogens with zero attached hydrogens (tertiary/aromatic N) is 2. The Balaban J connectivity index is 1.64. The first-order valence-electron chi connectivity index (χ1n) is 15.3. The number of amides is 4. The summed E-state index contributed by atoms with van der Waals surface area (Å²) in [5.74, 6) is -0.507. The van der Waals surface area contributed by atoms with Gasteiger partial charge in [0, 0.05) is 43.2 Å². The van der Waals surface area contributed by atoms with Crippen LogP contribution in [0, 0.1) is 6.92 Å². The second-order valence-electron chi connectivity index (χ2n) is 11.9. The number of methoxy groups -OCH3 is 1. The molecule has 51 heavy (non-hydrogen) atoms. The highest BCUT2D eigenvalue weighted by molar-refractivity contribution is 7.98. The molecule has 0 aliphatic carbocycles. The molecule has 17 heteroatoms. The van der Waals surface area contributed by atoms with Crippen molar-refractivity contribution in [1.29, 1.82) is 0 Å². The number of carbonyl (C=O) groups excluding carboxylic acids is 3. The Labute approximate surface area is 298 Å². The maximum absolute atomic E-state index is 14.9. The average Bonchev–Trinajstić information content (AvgIpc) is 3.04. The molecule has 3 aromatic carbocycles. The largest absolute Gasteiger partial charge is 0.435 e. The number of anilines is 2. The summed E-state index contributed by atoms with van der Waals surface area (Å²) in [5, 5.41) is 5.65. The second-order valence-corrected chi connectivity index (χ2v) is 13.2. The second kappa shape index (κ2) is 15.7.